The summed E-state index contributed by atoms with van der Waals surface area (Å²) in [7, 11) is 0. The first-order chi connectivity index (χ1) is 15.2. The summed E-state index contributed by atoms with van der Waals surface area (Å²) in [6.45, 7) is 17.5. The second-order valence-electron chi connectivity index (χ2n) is 11.6. The molecule has 33 heavy (non-hydrogen) atoms. The van der Waals surface area contributed by atoms with E-state index in [9.17, 15) is 19.5 Å². The minimum atomic E-state index is -1.78. The van der Waals surface area contributed by atoms with Gasteiger partial charge in [-0.3, -0.25) is 9.59 Å². The minimum absolute atomic E-state index is 0.208. The molecule has 178 valence electrons. The number of aliphatic hydroxyl groups excluding tert-OH is 1. The van der Waals surface area contributed by atoms with Crippen LogP contribution in [0.15, 0.2) is 24.3 Å². The van der Waals surface area contributed by atoms with Crippen molar-refractivity contribution in [3.63, 3.8) is 0 Å². The third kappa shape index (κ3) is 1.58. The molecule has 0 aromatic carbocycles. The van der Waals surface area contributed by atoms with Gasteiger partial charge in [0.1, 0.15) is 28.8 Å². The van der Waals surface area contributed by atoms with E-state index in [0.717, 1.165) is 0 Å². The minimum Gasteiger partial charge on any atom is -0.459 e. The highest BCUT2D eigenvalue weighted by Crippen LogP contribution is 2.84. The van der Waals surface area contributed by atoms with Crippen molar-refractivity contribution in [3.8, 4) is 0 Å². The van der Waals surface area contributed by atoms with E-state index in [1.165, 1.54) is 0 Å². The normalized spacial score (nSPS) is 55.8. The van der Waals surface area contributed by atoms with Crippen molar-refractivity contribution in [2.24, 2.45) is 16.2 Å². The van der Waals surface area contributed by atoms with Gasteiger partial charge in [0.25, 0.3) is 0 Å². The van der Waals surface area contributed by atoms with Crippen LogP contribution in [0.1, 0.15) is 60.3 Å². The van der Waals surface area contributed by atoms with Gasteiger partial charge in [0, 0.05) is 17.3 Å². The van der Waals surface area contributed by atoms with E-state index >= 15 is 0 Å². The smallest absolute Gasteiger partial charge is 0.344 e. The highest BCUT2D eigenvalue weighted by atomic mass is 16.7. The zero-order valence-corrected chi connectivity index (χ0v) is 19.7. The fourth-order valence-electron chi connectivity index (χ4n) is 8.83. The molecule has 1 N–H and O–H groups in total. The lowest BCUT2D eigenvalue weighted by molar-refractivity contribution is -0.240. The summed E-state index contributed by atoms with van der Waals surface area (Å²) < 4.78 is 24.1. The molecule has 0 aromatic rings. The molecule has 0 radical (unpaired) electrons. The average Bonchev–Trinajstić information content (AvgIpc) is 3.04. The second kappa shape index (κ2) is 5.23. The van der Waals surface area contributed by atoms with Gasteiger partial charge in [0.15, 0.2) is 5.60 Å². The zero-order chi connectivity index (χ0) is 24.2. The van der Waals surface area contributed by atoms with Crippen molar-refractivity contribution in [1.29, 1.82) is 0 Å². The van der Waals surface area contributed by atoms with E-state index in [-0.39, 0.29) is 12.4 Å². The number of esters is 3. The SMILES string of the molecule is C=C1[C@@]2(CCC(=O)OC2(C)C)CC[C@@]2(C)[C@]34C(=C)[C@@]5(C)OC(=O)[C@@]3(O[C@@]12[C@H]5O)[C@H](C)OC4=O. The van der Waals surface area contributed by atoms with Crippen molar-refractivity contribution >= 4 is 17.9 Å². The molecule has 4 aliphatic heterocycles. The highest BCUT2D eigenvalue weighted by molar-refractivity contribution is 6.02. The van der Waals surface area contributed by atoms with Crippen molar-refractivity contribution in [2.45, 2.75) is 94.9 Å². The first-order valence-corrected chi connectivity index (χ1v) is 11.6. The first-order valence-electron chi connectivity index (χ1n) is 11.6. The number of hydrogen-bond donors (Lipinski definition) is 1. The first kappa shape index (κ1) is 21.4. The number of hydrogen-bond acceptors (Lipinski definition) is 8. The third-order valence-electron chi connectivity index (χ3n) is 10.6. The third-order valence-corrected chi connectivity index (χ3v) is 10.6. The fourth-order valence-corrected chi connectivity index (χ4v) is 8.83. The van der Waals surface area contributed by atoms with Crippen LogP contribution >= 0.6 is 0 Å². The fraction of sp³-hybridized carbons (Fsp3) is 0.720. The van der Waals surface area contributed by atoms with Gasteiger partial charge < -0.3 is 24.1 Å². The molecule has 8 heteroatoms. The molecule has 0 amide bonds. The van der Waals surface area contributed by atoms with Gasteiger partial charge in [0.2, 0.25) is 5.60 Å². The molecule has 8 atom stereocenters. The van der Waals surface area contributed by atoms with Crippen LogP contribution in [0.25, 0.3) is 0 Å². The lowest BCUT2D eigenvalue weighted by Gasteiger charge is -2.68. The van der Waals surface area contributed by atoms with Gasteiger partial charge in [-0.05, 0) is 58.1 Å². The summed E-state index contributed by atoms with van der Waals surface area (Å²) in [5, 5.41) is 12.0. The molecule has 2 spiro atoms. The lowest BCUT2D eigenvalue weighted by Crippen LogP contribution is -2.79. The summed E-state index contributed by atoms with van der Waals surface area (Å²) in [5.41, 5.74) is -8.26. The van der Waals surface area contributed by atoms with Crippen molar-refractivity contribution < 1.29 is 38.4 Å². The molecule has 4 saturated heterocycles. The van der Waals surface area contributed by atoms with Crippen LogP contribution < -0.4 is 0 Å². The van der Waals surface area contributed by atoms with Gasteiger partial charge in [-0.1, -0.05) is 20.1 Å². The number of fused-ring (bicyclic) bond motifs is 1. The predicted octanol–water partition coefficient (Wildman–Crippen LogP) is 2.13. The lowest BCUT2D eigenvalue weighted by atomic mass is 9.35. The summed E-state index contributed by atoms with van der Waals surface area (Å²) in [6.07, 6.45) is -0.670. The van der Waals surface area contributed by atoms with Crippen molar-refractivity contribution in [2.75, 3.05) is 0 Å². The Bertz CT molecular complexity index is 1110. The Hall–Kier alpha value is -2.19. The number of rotatable bonds is 0. The van der Waals surface area contributed by atoms with Crippen molar-refractivity contribution in [1.82, 2.24) is 0 Å². The van der Waals surface area contributed by atoms with Gasteiger partial charge in [-0.2, -0.15) is 0 Å². The molecular weight excluding hydrogens is 428 g/mol. The Morgan fingerprint density at radius 2 is 1.58 bits per heavy atom. The number of aliphatic hydroxyl groups is 1. The molecule has 2 saturated carbocycles. The van der Waals surface area contributed by atoms with E-state index in [1.807, 2.05) is 20.8 Å². The summed E-state index contributed by atoms with van der Waals surface area (Å²) >= 11 is 0. The number of cyclic esters (lactones) is 2. The van der Waals surface area contributed by atoms with Crippen molar-refractivity contribution in [3.05, 3.63) is 24.3 Å². The van der Waals surface area contributed by atoms with Gasteiger partial charge in [-0.15, -0.1) is 0 Å². The van der Waals surface area contributed by atoms with Crippen LogP contribution in [0.2, 0.25) is 0 Å². The number of ether oxygens (including phenoxy) is 4. The summed E-state index contributed by atoms with van der Waals surface area (Å²) in [5.74, 6) is -1.58. The molecule has 6 aliphatic rings. The van der Waals surface area contributed by atoms with Gasteiger partial charge in [0.05, 0.1) is 0 Å². The average molecular weight is 459 g/mol. The maximum Gasteiger partial charge on any atom is 0.344 e. The zero-order valence-electron chi connectivity index (χ0n) is 19.7. The molecule has 6 fully saturated rings. The standard InChI is InChI=1S/C25H30O8/c1-12-21(7)16(27)24-13(2)22(9-8-15(26)31-19(22,4)5)11-10-20(24,6)23(12)17(28)30-14(3)25(23,33-24)18(29)32-21/h14,16,27H,1-2,8-11H2,3-7H3/t14-,16-,20-,21+,22+,23+,24+,25-/m0/s1. The largest absolute Gasteiger partial charge is 0.459 e. The van der Waals surface area contributed by atoms with Crippen LogP contribution in [0.5, 0.6) is 0 Å². The van der Waals surface area contributed by atoms with Crippen LogP contribution in [0.4, 0.5) is 0 Å². The quantitative estimate of drug-likeness (QED) is 0.334. The Balaban J connectivity index is 1.69. The van der Waals surface area contributed by atoms with Crippen LogP contribution in [0, 0.1) is 16.2 Å². The summed E-state index contributed by atoms with van der Waals surface area (Å²) in [6, 6.07) is 0. The molecular formula is C25H30O8. The molecule has 6 rings (SSSR count). The second-order valence-corrected chi connectivity index (χ2v) is 11.6. The monoisotopic (exact) mass is 458 g/mol. The van der Waals surface area contributed by atoms with E-state index in [1.54, 1.807) is 13.8 Å². The van der Waals surface area contributed by atoms with Crippen LogP contribution in [-0.2, 0) is 33.3 Å². The van der Waals surface area contributed by atoms with Crippen LogP contribution in [0.3, 0.4) is 0 Å². The molecule has 0 aromatic heterocycles. The Morgan fingerprint density at radius 1 is 0.909 bits per heavy atom. The predicted molar refractivity (Wildman–Crippen MR) is 112 cm³/mol. The van der Waals surface area contributed by atoms with E-state index in [4.69, 9.17) is 18.9 Å². The number of carbonyl (C=O) groups excluding carboxylic acids is 3. The molecule has 8 nitrogen and oxygen atoms in total. The van der Waals surface area contributed by atoms with E-state index in [0.29, 0.717) is 30.4 Å². The number of carbonyl (C=O) groups is 3. The highest BCUT2D eigenvalue weighted by Gasteiger charge is 2.98. The molecule has 2 aliphatic carbocycles. The summed E-state index contributed by atoms with van der Waals surface area (Å²) in [4.78, 5) is 39.6. The Morgan fingerprint density at radius 3 is 2.21 bits per heavy atom. The van der Waals surface area contributed by atoms with Gasteiger partial charge >= 0.3 is 17.9 Å². The maximum atomic E-state index is 13.7. The maximum absolute atomic E-state index is 13.7. The Kier molecular flexibility index (Phi) is 3.38. The van der Waals surface area contributed by atoms with Gasteiger partial charge in [-0.25, -0.2) is 4.79 Å². The molecule has 4 heterocycles. The molecule has 0 unspecified atom stereocenters. The van der Waals surface area contributed by atoms with E-state index in [2.05, 4.69) is 13.2 Å². The van der Waals surface area contributed by atoms with E-state index < -0.39 is 62.8 Å². The molecule has 3 bridgehead atoms. The topological polar surface area (TPSA) is 108 Å². The van der Waals surface area contributed by atoms with Crippen LogP contribution in [-0.4, -0.2) is 57.6 Å². The Labute approximate surface area is 192 Å².